The van der Waals surface area contributed by atoms with Crippen molar-refractivity contribution in [3.05, 3.63) is 34.9 Å². The van der Waals surface area contributed by atoms with E-state index >= 15 is 0 Å². The summed E-state index contributed by atoms with van der Waals surface area (Å²) in [5.74, 6) is 0.770. The molecule has 1 heteroatoms. The summed E-state index contributed by atoms with van der Waals surface area (Å²) in [6.45, 7) is 4.42. The van der Waals surface area contributed by atoms with E-state index in [1.54, 1.807) is 5.56 Å². The molecule has 0 saturated heterocycles. The standard InChI is InChI=1S/C15H21Br/c1-11-7-8-14(9-12(11)2)13-5-3-4-6-15(16)10-13/h7-9,13,15H,3-6,10H2,1-2H3. The van der Waals surface area contributed by atoms with Crippen LogP contribution in [0.25, 0.3) is 0 Å². The molecule has 1 aromatic rings. The fourth-order valence-corrected chi connectivity index (χ4v) is 3.40. The zero-order valence-electron chi connectivity index (χ0n) is 10.3. The SMILES string of the molecule is Cc1ccc(C2CCCCC(Br)C2)cc1C. The second-order valence-corrected chi connectivity index (χ2v) is 6.45. The second kappa shape index (κ2) is 5.35. The highest BCUT2D eigenvalue weighted by Crippen LogP contribution is 2.35. The average molecular weight is 281 g/mol. The quantitative estimate of drug-likeness (QED) is 0.495. The van der Waals surface area contributed by atoms with Gasteiger partial charge >= 0.3 is 0 Å². The van der Waals surface area contributed by atoms with Gasteiger partial charge in [0, 0.05) is 4.83 Å². The first-order valence-electron chi connectivity index (χ1n) is 6.38. The molecule has 0 nitrogen and oxygen atoms in total. The summed E-state index contributed by atoms with van der Waals surface area (Å²) in [7, 11) is 0. The number of hydrogen-bond acceptors (Lipinski definition) is 0. The van der Waals surface area contributed by atoms with Gasteiger partial charge in [-0.1, -0.05) is 47.0 Å². The molecule has 1 fully saturated rings. The van der Waals surface area contributed by atoms with Crippen LogP contribution in [-0.2, 0) is 0 Å². The van der Waals surface area contributed by atoms with Gasteiger partial charge in [0.1, 0.15) is 0 Å². The summed E-state index contributed by atoms with van der Waals surface area (Å²) in [6, 6.07) is 7.00. The van der Waals surface area contributed by atoms with Crippen LogP contribution >= 0.6 is 15.9 Å². The molecule has 1 aliphatic carbocycles. The van der Waals surface area contributed by atoms with Crippen molar-refractivity contribution in [1.82, 2.24) is 0 Å². The fraction of sp³-hybridized carbons (Fsp3) is 0.600. The van der Waals surface area contributed by atoms with Crippen molar-refractivity contribution in [3.8, 4) is 0 Å². The van der Waals surface area contributed by atoms with Gasteiger partial charge in [0.25, 0.3) is 0 Å². The Morgan fingerprint density at radius 2 is 1.81 bits per heavy atom. The molecule has 2 rings (SSSR count). The number of benzene rings is 1. The number of alkyl halides is 1. The van der Waals surface area contributed by atoms with E-state index in [4.69, 9.17) is 0 Å². The van der Waals surface area contributed by atoms with E-state index in [0.29, 0.717) is 0 Å². The lowest BCUT2D eigenvalue weighted by Gasteiger charge is -2.17. The van der Waals surface area contributed by atoms with E-state index in [-0.39, 0.29) is 0 Å². The van der Waals surface area contributed by atoms with Crippen molar-refractivity contribution in [1.29, 1.82) is 0 Å². The lowest BCUT2D eigenvalue weighted by Crippen LogP contribution is -2.04. The molecule has 0 aromatic heterocycles. The minimum atomic E-state index is 0.724. The second-order valence-electron chi connectivity index (χ2n) is 5.16. The molecule has 1 aliphatic rings. The van der Waals surface area contributed by atoms with Crippen LogP contribution in [0.3, 0.4) is 0 Å². The van der Waals surface area contributed by atoms with Gasteiger partial charge < -0.3 is 0 Å². The fourth-order valence-electron chi connectivity index (χ4n) is 2.62. The van der Waals surface area contributed by atoms with Gasteiger partial charge in [0.05, 0.1) is 0 Å². The number of rotatable bonds is 1. The zero-order valence-corrected chi connectivity index (χ0v) is 11.9. The molecule has 0 amide bonds. The maximum atomic E-state index is 3.81. The van der Waals surface area contributed by atoms with Gasteiger partial charge in [-0.25, -0.2) is 0 Å². The highest BCUT2D eigenvalue weighted by atomic mass is 79.9. The topological polar surface area (TPSA) is 0 Å². The summed E-state index contributed by atoms with van der Waals surface area (Å²) >= 11 is 3.81. The van der Waals surface area contributed by atoms with Crippen LogP contribution in [0.15, 0.2) is 18.2 Å². The van der Waals surface area contributed by atoms with Crippen molar-refractivity contribution in [2.75, 3.05) is 0 Å². The van der Waals surface area contributed by atoms with Gasteiger partial charge in [0.15, 0.2) is 0 Å². The van der Waals surface area contributed by atoms with Crippen LogP contribution in [0.1, 0.15) is 54.7 Å². The molecule has 0 N–H and O–H groups in total. The van der Waals surface area contributed by atoms with Crippen LogP contribution in [0.4, 0.5) is 0 Å². The number of aryl methyl sites for hydroxylation is 2. The molecule has 1 saturated carbocycles. The maximum absolute atomic E-state index is 3.81. The van der Waals surface area contributed by atoms with Crippen LogP contribution in [0.2, 0.25) is 0 Å². The Balaban J connectivity index is 2.18. The predicted octanol–water partition coefficient (Wildman–Crippen LogP) is 5.11. The Bertz CT molecular complexity index is 356. The lowest BCUT2D eigenvalue weighted by atomic mass is 9.90. The summed E-state index contributed by atoms with van der Waals surface area (Å²) in [6.07, 6.45) is 6.80. The molecular formula is C15H21Br. The lowest BCUT2D eigenvalue weighted by molar-refractivity contribution is 0.599. The Kier molecular flexibility index (Phi) is 4.07. The van der Waals surface area contributed by atoms with E-state index in [1.807, 2.05) is 0 Å². The normalized spacial score (nSPS) is 26.4. The Morgan fingerprint density at radius 1 is 1.06 bits per heavy atom. The third-order valence-corrected chi connectivity index (χ3v) is 4.69. The number of hydrogen-bond donors (Lipinski definition) is 0. The van der Waals surface area contributed by atoms with E-state index in [0.717, 1.165) is 10.7 Å². The van der Waals surface area contributed by atoms with Gasteiger partial charge in [-0.05, 0) is 55.7 Å². The average Bonchev–Trinajstić information content (AvgIpc) is 2.47. The summed E-state index contributed by atoms with van der Waals surface area (Å²) in [5.41, 5.74) is 4.40. The number of halogens is 1. The Hall–Kier alpha value is -0.300. The monoisotopic (exact) mass is 280 g/mol. The molecule has 0 aliphatic heterocycles. The minimum Gasteiger partial charge on any atom is -0.0890 e. The van der Waals surface area contributed by atoms with Gasteiger partial charge in [-0.15, -0.1) is 0 Å². The molecule has 0 bridgehead atoms. The van der Waals surface area contributed by atoms with Crippen LogP contribution in [-0.4, -0.2) is 4.83 Å². The molecular weight excluding hydrogens is 260 g/mol. The van der Waals surface area contributed by atoms with Crippen molar-refractivity contribution in [3.63, 3.8) is 0 Å². The molecule has 16 heavy (non-hydrogen) atoms. The first-order chi connectivity index (χ1) is 7.66. The summed E-state index contributed by atoms with van der Waals surface area (Å²) in [4.78, 5) is 0.724. The first kappa shape index (κ1) is 12.2. The van der Waals surface area contributed by atoms with E-state index < -0.39 is 0 Å². The Labute approximate surface area is 108 Å². The largest absolute Gasteiger partial charge is 0.0890 e. The van der Waals surface area contributed by atoms with Crippen LogP contribution in [0.5, 0.6) is 0 Å². The molecule has 1 aromatic carbocycles. The van der Waals surface area contributed by atoms with E-state index in [1.165, 1.54) is 43.2 Å². The smallest absolute Gasteiger partial charge is 0.0151 e. The van der Waals surface area contributed by atoms with Gasteiger partial charge in [0.2, 0.25) is 0 Å². The molecule has 2 atom stereocenters. The first-order valence-corrected chi connectivity index (χ1v) is 7.29. The Morgan fingerprint density at radius 3 is 2.56 bits per heavy atom. The van der Waals surface area contributed by atoms with E-state index in [9.17, 15) is 0 Å². The van der Waals surface area contributed by atoms with Crippen molar-refractivity contribution >= 4 is 15.9 Å². The van der Waals surface area contributed by atoms with Crippen LogP contribution < -0.4 is 0 Å². The third-order valence-electron chi connectivity index (χ3n) is 3.86. The van der Waals surface area contributed by atoms with Crippen LogP contribution in [0, 0.1) is 13.8 Å². The zero-order chi connectivity index (χ0) is 11.5. The molecule has 0 radical (unpaired) electrons. The van der Waals surface area contributed by atoms with Gasteiger partial charge in [-0.3, -0.25) is 0 Å². The third kappa shape index (κ3) is 2.88. The molecule has 0 heterocycles. The summed E-state index contributed by atoms with van der Waals surface area (Å²) < 4.78 is 0. The predicted molar refractivity (Wildman–Crippen MR) is 74.5 cm³/mol. The maximum Gasteiger partial charge on any atom is 0.0151 e. The van der Waals surface area contributed by atoms with Gasteiger partial charge in [-0.2, -0.15) is 0 Å². The molecule has 2 unspecified atom stereocenters. The van der Waals surface area contributed by atoms with Crippen molar-refractivity contribution in [2.24, 2.45) is 0 Å². The van der Waals surface area contributed by atoms with Crippen molar-refractivity contribution in [2.45, 2.75) is 56.7 Å². The summed E-state index contributed by atoms with van der Waals surface area (Å²) in [5, 5.41) is 0. The van der Waals surface area contributed by atoms with E-state index in [2.05, 4.69) is 48.0 Å². The van der Waals surface area contributed by atoms with Crippen molar-refractivity contribution < 1.29 is 0 Å². The highest BCUT2D eigenvalue weighted by Gasteiger charge is 2.19. The highest BCUT2D eigenvalue weighted by molar-refractivity contribution is 9.09. The minimum absolute atomic E-state index is 0.724. The molecule has 0 spiro atoms. The molecule has 88 valence electrons.